The van der Waals surface area contributed by atoms with Gasteiger partial charge in [0.1, 0.15) is 0 Å². The van der Waals surface area contributed by atoms with Gasteiger partial charge in [-0.05, 0) is 18.4 Å². The molecule has 0 bridgehead atoms. The largest absolute Gasteiger partial charge is 0.326 e. The molecule has 0 saturated heterocycles. The van der Waals surface area contributed by atoms with Crippen molar-refractivity contribution in [1.82, 2.24) is 4.72 Å². The zero-order valence-corrected chi connectivity index (χ0v) is 11.2. The maximum atomic E-state index is 12.0. The first-order valence-corrected chi connectivity index (χ1v) is 8.01. The van der Waals surface area contributed by atoms with Crippen LogP contribution in [0.5, 0.6) is 0 Å². The topological polar surface area (TPSA) is 72.2 Å². The third-order valence-electron chi connectivity index (χ3n) is 3.35. The second-order valence-corrected chi connectivity index (χ2v) is 6.67. The summed E-state index contributed by atoms with van der Waals surface area (Å²) in [5.74, 6) is 0.0249. The fourth-order valence-corrected chi connectivity index (χ4v) is 3.84. The van der Waals surface area contributed by atoms with Crippen molar-refractivity contribution in [3.63, 3.8) is 0 Å². The van der Waals surface area contributed by atoms with Crippen molar-refractivity contribution >= 4 is 10.0 Å². The van der Waals surface area contributed by atoms with Gasteiger partial charge in [0.15, 0.2) is 0 Å². The summed E-state index contributed by atoms with van der Waals surface area (Å²) in [6, 6.07) is 9.05. The van der Waals surface area contributed by atoms with Crippen molar-refractivity contribution in [1.29, 1.82) is 0 Å². The van der Waals surface area contributed by atoms with Crippen LogP contribution in [0, 0.1) is 0 Å². The summed E-state index contributed by atoms with van der Waals surface area (Å²) >= 11 is 0. The first-order chi connectivity index (χ1) is 8.57. The minimum atomic E-state index is -3.30. The van der Waals surface area contributed by atoms with E-state index in [0.29, 0.717) is 0 Å². The van der Waals surface area contributed by atoms with E-state index >= 15 is 0 Å². The molecule has 0 amide bonds. The average Bonchev–Trinajstić information content (AvgIpc) is 2.32. The highest BCUT2D eigenvalue weighted by Gasteiger charge is 2.26. The van der Waals surface area contributed by atoms with E-state index in [0.717, 1.165) is 31.2 Å². The molecule has 1 aromatic carbocycles. The van der Waals surface area contributed by atoms with Gasteiger partial charge in [0.25, 0.3) is 0 Å². The Morgan fingerprint density at radius 3 is 2.50 bits per heavy atom. The van der Waals surface area contributed by atoms with E-state index in [2.05, 4.69) is 4.72 Å². The first kappa shape index (κ1) is 13.5. The zero-order chi connectivity index (χ0) is 13.0. The van der Waals surface area contributed by atoms with Gasteiger partial charge in [-0.1, -0.05) is 43.2 Å². The highest BCUT2D eigenvalue weighted by Crippen LogP contribution is 2.18. The Kier molecular flexibility index (Phi) is 4.37. The first-order valence-electron chi connectivity index (χ1n) is 6.36. The van der Waals surface area contributed by atoms with Crippen LogP contribution in [0.1, 0.15) is 31.2 Å². The van der Waals surface area contributed by atoms with E-state index in [1.54, 1.807) is 0 Å². The SMILES string of the molecule is NC1CCCCC1NS(=O)(=O)Cc1ccccc1. The van der Waals surface area contributed by atoms with E-state index in [4.69, 9.17) is 5.73 Å². The number of rotatable bonds is 4. The molecule has 1 saturated carbocycles. The normalized spacial score (nSPS) is 24.9. The quantitative estimate of drug-likeness (QED) is 0.866. The van der Waals surface area contributed by atoms with Crippen molar-refractivity contribution < 1.29 is 8.42 Å². The molecule has 1 aromatic rings. The van der Waals surface area contributed by atoms with Gasteiger partial charge < -0.3 is 5.73 Å². The monoisotopic (exact) mass is 268 g/mol. The zero-order valence-electron chi connectivity index (χ0n) is 10.4. The van der Waals surface area contributed by atoms with Gasteiger partial charge in [-0.3, -0.25) is 0 Å². The van der Waals surface area contributed by atoms with Gasteiger partial charge in [-0.15, -0.1) is 0 Å². The average molecular weight is 268 g/mol. The standard InChI is InChI=1S/C13H20N2O2S/c14-12-8-4-5-9-13(12)15-18(16,17)10-11-6-2-1-3-7-11/h1-3,6-7,12-13,15H,4-5,8-10,14H2. The van der Waals surface area contributed by atoms with E-state index < -0.39 is 10.0 Å². The molecule has 18 heavy (non-hydrogen) atoms. The van der Waals surface area contributed by atoms with E-state index in [9.17, 15) is 8.42 Å². The number of hydrogen-bond donors (Lipinski definition) is 2. The lowest BCUT2D eigenvalue weighted by Crippen LogP contribution is -2.49. The van der Waals surface area contributed by atoms with Crippen LogP contribution in [-0.2, 0) is 15.8 Å². The third kappa shape index (κ3) is 3.80. The predicted molar refractivity (Wildman–Crippen MR) is 72.4 cm³/mol. The molecule has 0 radical (unpaired) electrons. The van der Waals surface area contributed by atoms with E-state index in [-0.39, 0.29) is 17.8 Å². The summed E-state index contributed by atoms with van der Waals surface area (Å²) in [5.41, 5.74) is 6.75. The summed E-state index contributed by atoms with van der Waals surface area (Å²) in [5, 5.41) is 0. The molecule has 5 heteroatoms. The number of nitrogens with one attached hydrogen (secondary N) is 1. The second-order valence-electron chi connectivity index (χ2n) is 4.92. The molecule has 1 aliphatic rings. The summed E-state index contributed by atoms with van der Waals surface area (Å²) in [4.78, 5) is 0. The fraction of sp³-hybridized carbons (Fsp3) is 0.538. The van der Waals surface area contributed by atoms with Gasteiger partial charge in [-0.2, -0.15) is 0 Å². The molecule has 3 N–H and O–H groups in total. The Balaban J connectivity index is 1.99. The molecule has 4 nitrogen and oxygen atoms in total. The summed E-state index contributed by atoms with van der Waals surface area (Å²) in [7, 11) is -3.30. The minimum Gasteiger partial charge on any atom is -0.326 e. The third-order valence-corrected chi connectivity index (χ3v) is 4.73. The molecule has 1 aliphatic carbocycles. The highest BCUT2D eigenvalue weighted by molar-refractivity contribution is 7.88. The van der Waals surface area contributed by atoms with Crippen molar-refractivity contribution in [3.05, 3.63) is 35.9 Å². The molecule has 0 aromatic heterocycles. The van der Waals surface area contributed by atoms with Crippen LogP contribution < -0.4 is 10.5 Å². The smallest absolute Gasteiger partial charge is 0.216 e. The molecule has 2 atom stereocenters. The van der Waals surface area contributed by atoms with Gasteiger partial charge in [0, 0.05) is 12.1 Å². The molecule has 2 rings (SSSR count). The molecule has 0 spiro atoms. The molecule has 100 valence electrons. The Hall–Kier alpha value is -0.910. The van der Waals surface area contributed by atoms with Crippen LogP contribution in [0.3, 0.4) is 0 Å². The summed E-state index contributed by atoms with van der Waals surface area (Å²) < 4.78 is 26.8. The van der Waals surface area contributed by atoms with Gasteiger partial charge in [0.05, 0.1) is 5.75 Å². The van der Waals surface area contributed by atoms with E-state index in [1.165, 1.54) is 0 Å². The van der Waals surface area contributed by atoms with Crippen LogP contribution in [0.2, 0.25) is 0 Å². The molecular weight excluding hydrogens is 248 g/mol. The molecule has 0 heterocycles. The lowest BCUT2D eigenvalue weighted by atomic mass is 9.92. The Labute approximate surface area is 109 Å². The van der Waals surface area contributed by atoms with Crippen LogP contribution >= 0.6 is 0 Å². The van der Waals surface area contributed by atoms with Gasteiger partial charge >= 0.3 is 0 Å². The number of benzene rings is 1. The minimum absolute atomic E-state index is 0.0249. The summed E-state index contributed by atoms with van der Waals surface area (Å²) in [6.45, 7) is 0. The lowest BCUT2D eigenvalue weighted by Gasteiger charge is -2.29. The maximum absolute atomic E-state index is 12.0. The Morgan fingerprint density at radius 1 is 1.17 bits per heavy atom. The van der Waals surface area contributed by atoms with Crippen LogP contribution in [0.25, 0.3) is 0 Å². The highest BCUT2D eigenvalue weighted by atomic mass is 32.2. The Morgan fingerprint density at radius 2 is 1.83 bits per heavy atom. The van der Waals surface area contributed by atoms with Crippen molar-refractivity contribution in [2.45, 2.75) is 43.5 Å². The van der Waals surface area contributed by atoms with Crippen LogP contribution in [0.15, 0.2) is 30.3 Å². The van der Waals surface area contributed by atoms with Crippen molar-refractivity contribution in [3.8, 4) is 0 Å². The van der Waals surface area contributed by atoms with Crippen molar-refractivity contribution in [2.75, 3.05) is 0 Å². The number of nitrogens with two attached hydrogens (primary N) is 1. The number of sulfonamides is 1. The maximum Gasteiger partial charge on any atom is 0.216 e. The van der Waals surface area contributed by atoms with Gasteiger partial charge in [0.2, 0.25) is 10.0 Å². The fourth-order valence-electron chi connectivity index (χ4n) is 2.37. The molecule has 2 unspecified atom stereocenters. The van der Waals surface area contributed by atoms with Gasteiger partial charge in [-0.25, -0.2) is 13.1 Å². The molecular formula is C13H20N2O2S. The predicted octanol–water partition coefficient (Wildman–Crippen LogP) is 1.38. The van der Waals surface area contributed by atoms with Crippen LogP contribution in [-0.4, -0.2) is 20.5 Å². The lowest BCUT2D eigenvalue weighted by molar-refractivity contribution is 0.361. The second kappa shape index (κ2) is 5.82. The van der Waals surface area contributed by atoms with Crippen molar-refractivity contribution in [2.24, 2.45) is 5.73 Å². The molecule has 0 aliphatic heterocycles. The Bertz CT molecular complexity index is 473. The summed E-state index contributed by atoms with van der Waals surface area (Å²) in [6.07, 6.45) is 3.89. The van der Waals surface area contributed by atoms with E-state index in [1.807, 2.05) is 30.3 Å². The van der Waals surface area contributed by atoms with Crippen LogP contribution in [0.4, 0.5) is 0 Å². The number of hydrogen-bond acceptors (Lipinski definition) is 3. The molecule has 1 fully saturated rings.